The molecule has 1 saturated heterocycles. The van der Waals surface area contributed by atoms with Crippen molar-refractivity contribution in [2.45, 2.75) is 32.4 Å². The third-order valence-electron chi connectivity index (χ3n) is 2.49. The fraction of sp³-hybridized carbons (Fsp3) is 1.00. The quantitative estimate of drug-likeness (QED) is 0.606. The highest BCUT2D eigenvalue weighted by Crippen LogP contribution is 2.31. The smallest absolute Gasteiger partial charge is 0.153 e. The second kappa shape index (κ2) is 2.77. The minimum absolute atomic E-state index is 0.0810. The zero-order chi connectivity index (χ0) is 8.65. The summed E-state index contributed by atoms with van der Waals surface area (Å²) in [5.41, 5.74) is 0. The molecule has 2 atom stereocenters. The summed E-state index contributed by atoms with van der Waals surface area (Å²) in [6.45, 7) is 6.02. The van der Waals surface area contributed by atoms with Crippen LogP contribution in [0.3, 0.4) is 0 Å². The van der Waals surface area contributed by atoms with Gasteiger partial charge >= 0.3 is 0 Å². The molecular weight excluding hydrogens is 160 g/mol. The summed E-state index contributed by atoms with van der Waals surface area (Å²) in [6, 6.07) is 0. The van der Waals surface area contributed by atoms with E-state index in [2.05, 4.69) is 0 Å². The van der Waals surface area contributed by atoms with E-state index < -0.39 is 9.84 Å². The molecule has 1 aliphatic rings. The Morgan fingerprint density at radius 3 is 2.09 bits per heavy atom. The van der Waals surface area contributed by atoms with Crippen LogP contribution in [0.15, 0.2) is 0 Å². The van der Waals surface area contributed by atoms with Gasteiger partial charge in [0.2, 0.25) is 0 Å². The van der Waals surface area contributed by atoms with Crippen LogP contribution in [0.5, 0.6) is 0 Å². The Labute approximate surface area is 68.9 Å². The first-order valence-corrected chi connectivity index (χ1v) is 5.88. The summed E-state index contributed by atoms with van der Waals surface area (Å²) < 4.78 is 22.8. The maximum Gasteiger partial charge on any atom is 0.153 e. The Kier molecular flexibility index (Phi) is 2.28. The van der Waals surface area contributed by atoms with Crippen LogP contribution in [-0.2, 0) is 9.84 Å². The second-order valence-electron chi connectivity index (χ2n) is 3.84. The first-order chi connectivity index (χ1) is 4.95. The van der Waals surface area contributed by atoms with Gasteiger partial charge in [0.25, 0.3) is 0 Å². The van der Waals surface area contributed by atoms with E-state index in [1.807, 2.05) is 20.8 Å². The molecule has 2 nitrogen and oxygen atoms in total. The lowest BCUT2D eigenvalue weighted by Crippen LogP contribution is -2.26. The van der Waals surface area contributed by atoms with Crippen molar-refractivity contribution in [3.05, 3.63) is 0 Å². The van der Waals surface area contributed by atoms with Gasteiger partial charge in [0.05, 0.1) is 11.0 Å². The van der Waals surface area contributed by atoms with Gasteiger partial charge in [0, 0.05) is 0 Å². The predicted octanol–water partition coefficient (Wildman–Crippen LogP) is 1.47. The molecule has 1 rings (SSSR count). The van der Waals surface area contributed by atoms with E-state index in [4.69, 9.17) is 0 Å². The molecule has 11 heavy (non-hydrogen) atoms. The summed E-state index contributed by atoms with van der Waals surface area (Å²) in [7, 11) is -2.74. The SMILES string of the molecule is CC(C)[C@@H]1[C@H](C)CCS1(=O)=O. The van der Waals surface area contributed by atoms with E-state index in [1.165, 1.54) is 0 Å². The zero-order valence-corrected chi connectivity index (χ0v) is 8.19. The van der Waals surface area contributed by atoms with Gasteiger partial charge < -0.3 is 0 Å². The van der Waals surface area contributed by atoms with E-state index in [9.17, 15) is 8.42 Å². The lowest BCUT2D eigenvalue weighted by molar-refractivity contribution is 0.452. The first kappa shape index (κ1) is 9.04. The summed E-state index contributed by atoms with van der Waals surface area (Å²) in [5.74, 6) is 1.04. The van der Waals surface area contributed by atoms with Crippen molar-refractivity contribution in [1.29, 1.82) is 0 Å². The Bertz CT molecular complexity index is 228. The van der Waals surface area contributed by atoms with Gasteiger partial charge in [-0.1, -0.05) is 20.8 Å². The average molecular weight is 176 g/mol. The van der Waals surface area contributed by atoms with Crippen LogP contribution in [0.4, 0.5) is 0 Å². The molecule has 0 aromatic rings. The summed E-state index contributed by atoms with van der Waals surface area (Å²) >= 11 is 0. The van der Waals surface area contributed by atoms with Crippen molar-refractivity contribution in [3.63, 3.8) is 0 Å². The molecule has 1 heterocycles. The Morgan fingerprint density at radius 2 is 1.91 bits per heavy atom. The van der Waals surface area contributed by atoms with Gasteiger partial charge in [-0.15, -0.1) is 0 Å². The Morgan fingerprint density at radius 1 is 1.36 bits per heavy atom. The summed E-state index contributed by atoms with van der Waals surface area (Å²) in [6.07, 6.45) is 0.852. The van der Waals surface area contributed by atoms with E-state index in [0.29, 0.717) is 11.7 Å². The van der Waals surface area contributed by atoms with Gasteiger partial charge in [-0.3, -0.25) is 0 Å². The lowest BCUT2D eigenvalue weighted by atomic mass is 9.97. The molecule has 0 spiro atoms. The molecule has 0 amide bonds. The molecule has 0 bridgehead atoms. The van der Waals surface area contributed by atoms with E-state index in [1.54, 1.807) is 0 Å². The van der Waals surface area contributed by atoms with Gasteiger partial charge in [0.15, 0.2) is 9.84 Å². The van der Waals surface area contributed by atoms with Gasteiger partial charge in [0.1, 0.15) is 0 Å². The maximum atomic E-state index is 11.4. The molecule has 0 N–H and O–H groups in total. The van der Waals surface area contributed by atoms with Crippen LogP contribution in [0.2, 0.25) is 0 Å². The molecule has 1 fully saturated rings. The highest BCUT2D eigenvalue weighted by molar-refractivity contribution is 7.92. The van der Waals surface area contributed by atoms with E-state index in [-0.39, 0.29) is 11.2 Å². The molecule has 0 radical (unpaired) electrons. The molecule has 3 heteroatoms. The van der Waals surface area contributed by atoms with Crippen molar-refractivity contribution in [2.75, 3.05) is 5.75 Å². The molecule has 0 saturated carbocycles. The average Bonchev–Trinajstić information content (AvgIpc) is 2.06. The molecular formula is C8H16O2S. The van der Waals surface area contributed by atoms with Crippen molar-refractivity contribution in [3.8, 4) is 0 Å². The number of sulfone groups is 1. The minimum atomic E-state index is -2.74. The van der Waals surface area contributed by atoms with Crippen molar-refractivity contribution in [2.24, 2.45) is 11.8 Å². The van der Waals surface area contributed by atoms with Crippen LogP contribution in [0, 0.1) is 11.8 Å². The van der Waals surface area contributed by atoms with Crippen LogP contribution in [0.25, 0.3) is 0 Å². The standard InChI is InChI=1S/C8H16O2S/c1-6(2)8-7(3)4-5-11(8,9)10/h6-8H,4-5H2,1-3H3/t7-,8-/m1/s1. The van der Waals surface area contributed by atoms with Crippen molar-refractivity contribution < 1.29 is 8.42 Å². The molecule has 0 aromatic heterocycles. The zero-order valence-electron chi connectivity index (χ0n) is 7.37. The number of hydrogen-bond acceptors (Lipinski definition) is 2. The highest BCUT2D eigenvalue weighted by Gasteiger charge is 2.39. The van der Waals surface area contributed by atoms with Crippen LogP contribution >= 0.6 is 0 Å². The van der Waals surface area contributed by atoms with Gasteiger partial charge in [-0.05, 0) is 18.3 Å². The van der Waals surface area contributed by atoms with Crippen LogP contribution in [-0.4, -0.2) is 19.4 Å². The monoisotopic (exact) mass is 176 g/mol. The third-order valence-corrected chi connectivity index (χ3v) is 5.13. The first-order valence-electron chi connectivity index (χ1n) is 4.16. The largest absolute Gasteiger partial charge is 0.229 e. The maximum absolute atomic E-state index is 11.4. The fourth-order valence-corrected chi connectivity index (χ4v) is 4.72. The van der Waals surface area contributed by atoms with E-state index >= 15 is 0 Å². The number of hydrogen-bond donors (Lipinski definition) is 0. The fourth-order valence-electron chi connectivity index (χ4n) is 2.08. The summed E-state index contributed by atoms with van der Waals surface area (Å²) in [5, 5.41) is -0.0810. The van der Waals surface area contributed by atoms with Crippen molar-refractivity contribution >= 4 is 9.84 Å². The number of rotatable bonds is 1. The topological polar surface area (TPSA) is 34.1 Å². The van der Waals surface area contributed by atoms with Crippen LogP contribution in [0.1, 0.15) is 27.2 Å². The summed E-state index contributed by atoms with van der Waals surface area (Å²) in [4.78, 5) is 0. The molecule has 0 aromatic carbocycles. The van der Waals surface area contributed by atoms with E-state index in [0.717, 1.165) is 6.42 Å². The van der Waals surface area contributed by atoms with Crippen molar-refractivity contribution in [1.82, 2.24) is 0 Å². The van der Waals surface area contributed by atoms with Gasteiger partial charge in [-0.2, -0.15) is 0 Å². The van der Waals surface area contributed by atoms with Gasteiger partial charge in [-0.25, -0.2) is 8.42 Å². The minimum Gasteiger partial charge on any atom is -0.229 e. The predicted molar refractivity (Wildman–Crippen MR) is 46.2 cm³/mol. The Hall–Kier alpha value is -0.0500. The normalized spacial score (nSPS) is 36.4. The Balaban J connectivity index is 2.90. The lowest BCUT2D eigenvalue weighted by Gasteiger charge is -2.17. The molecule has 0 unspecified atom stereocenters. The third kappa shape index (κ3) is 1.58. The second-order valence-corrected chi connectivity index (χ2v) is 6.12. The highest BCUT2D eigenvalue weighted by atomic mass is 32.2. The molecule has 1 aliphatic heterocycles. The molecule has 0 aliphatic carbocycles. The van der Waals surface area contributed by atoms with Crippen LogP contribution < -0.4 is 0 Å². The molecule has 66 valence electrons.